The Balaban J connectivity index is 1.49. The number of para-hydroxylation sites is 2. The summed E-state index contributed by atoms with van der Waals surface area (Å²) in [5.74, 6) is -19.9. The van der Waals surface area contributed by atoms with E-state index < -0.39 is 243 Å². The van der Waals surface area contributed by atoms with Gasteiger partial charge in [0.2, 0.25) is 94.5 Å². The number of rotatable bonds is 48. The van der Waals surface area contributed by atoms with E-state index in [4.69, 9.17) is 34.1 Å². The number of aliphatic hydroxyl groups is 1. The van der Waals surface area contributed by atoms with Crippen LogP contribution in [-0.2, 0) is 101 Å². The number of H-pyrrole nitrogens is 2. The molecule has 29 N–H and O–H groups in total. The van der Waals surface area contributed by atoms with Crippen LogP contribution in [-0.4, -0.2) is 229 Å². The molecule has 612 valence electrons. The van der Waals surface area contributed by atoms with E-state index in [0.29, 0.717) is 38.5 Å². The number of hydrogen-bond donors (Lipinski definition) is 26. The fourth-order valence-electron chi connectivity index (χ4n) is 11.4. The number of thiol groups is 2. The van der Waals surface area contributed by atoms with Gasteiger partial charge in [0, 0.05) is 97.7 Å². The number of amides is 16. The molecule has 12 atom stereocenters. The Morgan fingerprint density at radius 1 is 0.434 bits per heavy atom. The second kappa shape index (κ2) is 45.0. The van der Waals surface area contributed by atoms with Crippen molar-refractivity contribution in [3.05, 3.63) is 102 Å². The molecular formula is C70H95N21O20S2. The molecule has 0 fully saturated rings. The number of aliphatic hydroxyl groups excluding tert-OH is 1. The molecule has 5 rings (SSSR count). The zero-order valence-electron chi connectivity index (χ0n) is 61.4. The van der Waals surface area contributed by atoms with Gasteiger partial charge < -0.3 is 123 Å². The summed E-state index contributed by atoms with van der Waals surface area (Å²) in [6.07, 6.45) is -4.60. The van der Waals surface area contributed by atoms with E-state index in [2.05, 4.69) is 104 Å². The van der Waals surface area contributed by atoms with Crippen molar-refractivity contribution < 1.29 is 96.8 Å². The van der Waals surface area contributed by atoms with Crippen LogP contribution in [0.2, 0.25) is 0 Å². The molecule has 0 radical (unpaired) electrons. The first kappa shape index (κ1) is 91.1. The number of guanidine groups is 1. The summed E-state index contributed by atoms with van der Waals surface area (Å²) >= 11 is 8.42. The molecule has 41 nitrogen and oxygen atoms in total. The number of aromatic amines is 2. The Hall–Kier alpha value is -12.5. The fourth-order valence-corrected chi connectivity index (χ4v) is 11.9. The number of carbonyl (C=O) groups excluding carboxylic acids is 16. The molecule has 16 amide bonds. The van der Waals surface area contributed by atoms with Crippen molar-refractivity contribution in [3.8, 4) is 5.75 Å². The predicted octanol–water partition coefficient (Wildman–Crippen LogP) is -6.89. The highest BCUT2D eigenvalue weighted by Gasteiger charge is 2.39. The topological polar surface area (TPSA) is 693 Å². The van der Waals surface area contributed by atoms with Crippen LogP contribution in [0.4, 0.5) is 0 Å². The van der Waals surface area contributed by atoms with Gasteiger partial charge in [-0.25, -0.2) is 0 Å². The molecule has 0 aliphatic heterocycles. The lowest BCUT2D eigenvalue weighted by molar-refractivity contribution is -0.139. The van der Waals surface area contributed by atoms with Crippen LogP contribution in [0.1, 0.15) is 88.3 Å². The van der Waals surface area contributed by atoms with Crippen LogP contribution in [0.15, 0.2) is 85.2 Å². The van der Waals surface area contributed by atoms with E-state index in [1.54, 1.807) is 48.5 Å². The van der Waals surface area contributed by atoms with E-state index in [1.807, 2.05) is 0 Å². The molecule has 0 saturated heterocycles. The Kier molecular flexibility index (Phi) is 36.2. The van der Waals surface area contributed by atoms with Crippen molar-refractivity contribution >= 4 is 154 Å². The van der Waals surface area contributed by atoms with Crippen LogP contribution in [0.3, 0.4) is 0 Å². The highest BCUT2D eigenvalue weighted by Crippen LogP contribution is 2.22. The lowest BCUT2D eigenvalue weighted by Gasteiger charge is -2.29. The van der Waals surface area contributed by atoms with Crippen molar-refractivity contribution in [2.45, 2.75) is 163 Å². The summed E-state index contributed by atoms with van der Waals surface area (Å²) in [4.78, 5) is 235. The molecule has 0 saturated carbocycles. The number of primary amides is 4. The molecule has 2 heterocycles. The number of carboxylic acid groups (broad SMARTS) is 1. The van der Waals surface area contributed by atoms with Crippen LogP contribution in [0.25, 0.3) is 21.8 Å². The first-order valence-electron chi connectivity index (χ1n) is 35.3. The molecule has 0 bridgehead atoms. The number of phenolic OH excluding ortho intramolecular Hbond substituents is 1. The Labute approximate surface area is 656 Å². The van der Waals surface area contributed by atoms with Gasteiger partial charge in [-0.15, -0.1) is 0 Å². The molecular weight excluding hydrogens is 1520 g/mol. The number of fused-ring (bicyclic) bond motifs is 2. The van der Waals surface area contributed by atoms with Gasteiger partial charge in [0.15, 0.2) is 5.96 Å². The molecule has 0 aliphatic carbocycles. The minimum absolute atomic E-state index is 0.0536. The number of nitrogens with two attached hydrogens (primary N) is 5. The van der Waals surface area contributed by atoms with E-state index in [-0.39, 0.29) is 43.7 Å². The average molecular weight is 1610 g/mol. The fraction of sp³-hybridized carbons (Fsp3) is 0.429. The number of aromatic nitrogens is 2. The summed E-state index contributed by atoms with van der Waals surface area (Å²) in [6, 6.07) is 0.0210. The molecule has 0 aliphatic rings. The summed E-state index contributed by atoms with van der Waals surface area (Å²) in [6.45, 7) is 1.40. The first-order chi connectivity index (χ1) is 53.5. The largest absolute Gasteiger partial charge is 0.508 e. The summed E-state index contributed by atoms with van der Waals surface area (Å²) in [5.41, 5.74) is 29.2. The molecule has 0 unspecified atom stereocenters. The maximum Gasteiger partial charge on any atom is 0.303 e. The smallest absolute Gasteiger partial charge is 0.303 e. The van der Waals surface area contributed by atoms with Crippen LogP contribution >= 0.6 is 25.3 Å². The summed E-state index contributed by atoms with van der Waals surface area (Å²) in [7, 11) is 0. The van der Waals surface area contributed by atoms with E-state index >= 15 is 9.59 Å². The van der Waals surface area contributed by atoms with Gasteiger partial charge in [-0.05, 0) is 80.0 Å². The first-order valence-corrected chi connectivity index (χ1v) is 36.5. The van der Waals surface area contributed by atoms with Crippen molar-refractivity contribution in [1.29, 1.82) is 5.41 Å². The average Bonchev–Trinajstić information content (AvgIpc) is 1.72. The quantitative estimate of drug-likeness (QED) is 0.00745. The molecule has 113 heavy (non-hydrogen) atoms. The minimum Gasteiger partial charge on any atom is -0.508 e. The molecule has 43 heteroatoms. The monoisotopic (exact) mass is 1610 g/mol. The van der Waals surface area contributed by atoms with Gasteiger partial charge in [0.05, 0.1) is 19.1 Å². The third kappa shape index (κ3) is 30.3. The molecule has 0 spiro atoms. The van der Waals surface area contributed by atoms with E-state index in [9.17, 15) is 87.2 Å². The zero-order chi connectivity index (χ0) is 83.8. The van der Waals surface area contributed by atoms with Gasteiger partial charge in [0.25, 0.3) is 0 Å². The maximum absolute atomic E-state index is 15.2. The van der Waals surface area contributed by atoms with E-state index in [0.717, 1.165) is 13.8 Å². The number of carbonyl (C=O) groups is 17. The number of aliphatic carboxylic acids is 1. The highest BCUT2D eigenvalue weighted by molar-refractivity contribution is 7.80. The summed E-state index contributed by atoms with van der Waals surface area (Å²) < 4.78 is 0. The van der Waals surface area contributed by atoms with Gasteiger partial charge in [-0.3, -0.25) is 86.9 Å². The normalized spacial score (nSPS) is 14.2. The van der Waals surface area contributed by atoms with Crippen molar-refractivity contribution in [2.75, 3.05) is 24.6 Å². The number of aromatic hydroxyl groups is 1. The van der Waals surface area contributed by atoms with Gasteiger partial charge in [-0.1, -0.05) is 48.5 Å². The number of hydrogen-bond acceptors (Lipinski definition) is 22. The Morgan fingerprint density at radius 3 is 1.23 bits per heavy atom. The Bertz CT molecular complexity index is 4290. The second-order valence-electron chi connectivity index (χ2n) is 26.2. The lowest BCUT2D eigenvalue weighted by atomic mass is 10.0. The third-order valence-electron chi connectivity index (χ3n) is 17.2. The molecule has 5 aromatic rings. The molecule has 3 aromatic carbocycles. The highest BCUT2D eigenvalue weighted by atomic mass is 32.1. The van der Waals surface area contributed by atoms with Crippen LogP contribution in [0, 0.1) is 5.41 Å². The standard InChI is InChI=1S/C70H95N21O20S2/c1-33(92)58(91-63(105)45(18-21-54(72)96)85-67(109)51(31-112)81-34(2)93)69(111)89-49(26-37-29-79-42-11-6-4-9-40(37)42)66(108)84-44(17-20-53(71)95)62(104)90-52(32-113)68(110)86-47(24-35-13-15-38(94)16-14-35)64(106)87-48(25-36-28-78-41-10-5-3-8-39(36)41)65(107)82-43(12-7-23-77-70(75)76)60(102)83-46(19-22-57(99)100)61(103)88-50(27-55(73)97)59(101)80-30-56(74)98/h3-6,8-11,13-16,28-29,33,43-52,58,78-79,92,94,112-113H,7,12,17-27,30-32H2,1-2H3,(H2,71,95)(H2,72,96)(H2,73,97)(H2,74,98)(H,80,101)(H,81,93)(H,82,107)(H,83,102)(H,84,108)(H,85,109)(H,86,110)(H,87,106)(H,88,103)(H,89,111)(H,90,104)(H,91,105)(H,99,100)(H4,75,76,77)/t33-,43+,44+,45+,46+,47+,48+,49+,50+,51+,52+,58+/m1/s1. The maximum atomic E-state index is 15.2. The summed E-state index contributed by atoms with van der Waals surface area (Å²) in [5, 5.41) is 71.3. The number of nitrogens with one attached hydrogen (secondary N) is 16. The minimum atomic E-state index is -1.93. The van der Waals surface area contributed by atoms with Crippen molar-refractivity contribution in [2.24, 2.45) is 28.7 Å². The SMILES string of the molecule is CC(=O)N[C@@H](CS)C(=O)N[C@@H](CCC(N)=O)C(=O)N[C@H](C(=O)N[C@@H](Cc1c[nH]c2ccccc12)C(=O)N[C@@H](CCC(N)=O)C(=O)N[C@@H](CS)C(=O)N[C@@H](Cc1ccc(O)cc1)C(=O)N[C@@H](Cc1c[nH]c2ccccc12)C(=O)N[C@@H](CCCNC(=N)N)C(=O)N[C@@H](CCC(=O)O)C(=O)N[C@@H](CC(N)=O)C(=O)NCC(N)=O)[C@@H](C)O. The lowest BCUT2D eigenvalue weighted by Crippen LogP contribution is -2.62. The van der Waals surface area contributed by atoms with E-state index in [1.165, 1.54) is 36.7 Å². The Morgan fingerprint density at radius 2 is 0.814 bits per heavy atom. The van der Waals surface area contributed by atoms with Crippen molar-refractivity contribution in [3.63, 3.8) is 0 Å². The van der Waals surface area contributed by atoms with Crippen LogP contribution in [0.5, 0.6) is 5.75 Å². The van der Waals surface area contributed by atoms with Crippen molar-refractivity contribution in [1.82, 2.24) is 79.1 Å². The predicted molar refractivity (Wildman–Crippen MR) is 411 cm³/mol. The molecule has 2 aromatic heterocycles. The number of benzene rings is 3. The van der Waals surface area contributed by atoms with Gasteiger partial charge in [0.1, 0.15) is 72.2 Å². The number of phenols is 1. The zero-order valence-corrected chi connectivity index (χ0v) is 63.2. The van der Waals surface area contributed by atoms with Gasteiger partial charge in [-0.2, -0.15) is 25.3 Å². The number of carboxylic acids is 1. The second-order valence-corrected chi connectivity index (χ2v) is 26.9. The van der Waals surface area contributed by atoms with Gasteiger partial charge >= 0.3 is 5.97 Å². The van der Waals surface area contributed by atoms with Crippen LogP contribution < -0.4 is 97.8 Å². The third-order valence-corrected chi connectivity index (χ3v) is 18.0.